The summed E-state index contributed by atoms with van der Waals surface area (Å²) in [6, 6.07) is -0.923. The molecule has 9 heteroatoms. The number of unbranched alkanes of at least 4 members (excludes halogenated alkanes) is 10. The summed E-state index contributed by atoms with van der Waals surface area (Å²) in [7, 11) is 1.20. The third-order valence-electron chi connectivity index (χ3n) is 9.61. The maximum atomic E-state index is 12.9. The Bertz CT molecular complexity index is 1410. The van der Waals surface area contributed by atoms with E-state index in [-0.39, 0.29) is 12.5 Å². The zero-order chi connectivity index (χ0) is 45.7. The predicted molar refractivity (Wildman–Crippen MR) is 265 cm³/mol. The fourth-order valence-electron chi connectivity index (χ4n) is 5.87. The van der Waals surface area contributed by atoms with Gasteiger partial charge in [-0.1, -0.05) is 174 Å². The fourth-order valence-corrected chi connectivity index (χ4v) is 6.60. The topological polar surface area (TPSA) is 108 Å². The molecule has 0 aliphatic rings. The zero-order valence-corrected chi connectivity index (χ0v) is 40.7. The summed E-state index contributed by atoms with van der Waals surface area (Å²) < 4.78 is 23.1. The molecule has 3 atom stereocenters. The second kappa shape index (κ2) is 43.2. The molecule has 0 rings (SSSR count). The highest BCUT2D eigenvalue weighted by molar-refractivity contribution is 7.45. The van der Waals surface area contributed by atoms with Crippen LogP contribution in [0.1, 0.15) is 155 Å². The number of nitrogens with zero attached hydrogens (tertiary/aromatic N) is 1. The monoisotopic (exact) mass is 881 g/mol. The molecular formula is C53H89N2O6P. The smallest absolute Gasteiger partial charge is 0.268 e. The molecule has 0 aromatic heterocycles. The second-order valence-electron chi connectivity index (χ2n) is 16.7. The number of carbonyl (C=O) groups excluding carboxylic acids is 1. The van der Waals surface area contributed by atoms with Gasteiger partial charge in [0.25, 0.3) is 7.82 Å². The number of hydrogen-bond acceptors (Lipinski definition) is 6. The quantitative estimate of drug-likeness (QED) is 0.0274. The Morgan fingerprint density at radius 3 is 1.48 bits per heavy atom. The van der Waals surface area contributed by atoms with Crippen molar-refractivity contribution in [1.29, 1.82) is 0 Å². The number of rotatable bonds is 41. The Morgan fingerprint density at radius 1 is 0.581 bits per heavy atom. The first-order valence-corrected chi connectivity index (χ1v) is 25.4. The van der Waals surface area contributed by atoms with Crippen LogP contribution in [0.2, 0.25) is 0 Å². The average molecular weight is 881 g/mol. The van der Waals surface area contributed by atoms with E-state index in [0.717, 1.165) is 116 Å². The van der Waals surface area contributed by atoms with Gasteiger partial charge in [-0.25, -0.2) is 0 Å². The number of phosphoric acid groups is 1. The van der Waals surface area contributed by atoms with E-state index < -0.39 is 26.6 Å². The number of allylic oxidation sites excluding steroid dienone is 19. The number of amides is 1. The largest absolute Gasteiger partial charge is 0.756 e. The maximum Gasteiger partial charge on any atom is 0.268 e. The van der Waals surface area contributed by atoms with Crippen molar-refractivity contribution in [3.05, 3.63) is 122 Å². The SMILES string of the molecule is CC/C=C\C/C=C\C/C=C\C/C=C\C/C=C\C/C=C\C/C=C\CCCCCCCCCC(=O)NC(COP(=O)([O-])OCC[N+](C)(C)C)C(O)/C=C/CC/C=C/CC/C=C/CCC. The van der Waals surface area contributed by atoms with E-state index in [1.807, 2.05) is 27.2 Å². The minimum Gasteiger partial charge on any atom is -0.756 e. The Balaban J connectivity index is 4.30. The van der Waals surface area contributed by atoms with E-state index in [0.29, 0.717) is 17.4 Å². The minimum atomic E-state index is -4.61. The molecule has 62 heavy (non-hydrogen) atoms. The van der Waals surface area contributed by atoms with Crippen LogP contribution in [0.25, 0.3) is 0 Å². The molecule has 0 aromatic carbocycles. The third-order valence-corrected chi connectivity index (χ3v) is 10.6. The van der Waals surface area contributed by atoms with Gasteiger partial charge in [0.05, 0.1) is 39.9 Å². The molecule has 0 bridgehead atoms. The number of phosphoric ester groups is 1. The van der Waals surface area contributed by atoms with Gasteiger partial charge in [0, 0.05) is 6.42 Å². The predicted octanol–water partition coefficient (Wildman–Crippen LogP) is 13.2. The van der Waals surface area contributed by atoms with E-state index in [9.17, 15) is 19.4 Å². The van der Waals surface area contributed by atoms with Crippen molar-refractivity contribution in [2.24, 2.45) is 0 Å². The van der Waals surface area contributed by atoms with Crippen LogP contribution in [0.15, 0.2) is 122 Å². The molecule has 0 aromatic rings. The molecule has 352 valence electrons. The van der Waals surface area contributed by atoms with Gasteiger partial charge in [-0.05, 0) is 96.3 Å². The van der Waals surface area contributed by atoms with Crippen LogP contribution >= 0.6 is 7.82 Å². The Kier molecular flexibility index (Phi) is 41.0. The number of hydrogen-bond donors (Lipinski definition) is 2. The van der Waals surface area contributed by atoms with E-state index >= 15 is 0 Å². The van der Waals surface area contributed by atoms with Crippen molar-refractivity contribution in [2.45, 2.75) is 167 Å². The second-order valence-corrected chi connectivity index (χ2v) is 18.1. The number of aliphatic hydroxyl groups is 1. The van der Waals surface area contributed by atoms with Gasteiger partial charge in [-0.2, -0.15) is 0 Å². The number of likely N-dealkylation sites (N-methyl/N-ethyl adjacent to an activating group) is 1. The van der Waals surface area contributed by atoms with E-state index in [2.05, 4.69) is 129 Å². The van der Waals surface area contributed by atoms with Gasteiger partial charge < -0.3 is 28.8 Å². The standard InChI is InChI=1S/C53H89N2O6P/c1-6-8-10-12-14-16-18-19-20-21-22-23-24-25-26-27-28-29-30-31-32-33-34-35-37-39-41-43-45-47-53(57)54-51(50-61-62(58,59)60-49-48-55(3,4)5)52(56)46-44-42-40-38-36-17-15-13-11-9-7-2/h8,10-11,13-14,16,19-20,22-23,25-26,28-29,31-32,36,38,44,46,51-52,56H,6-7,9,12,15,17-18,21,24,27,30,33-35,37,39-43,45,47-50H2,1-5H3,(H-,54,57,58,59)/b10-8-,13-11+,16-14-,20-19-,23-22-,26-25-,29-28-,32-31-,38-36+,46-44+. The van der Waals surface area contributed by atoms with Crippen LogP contribution in [0.5, 0.6) is 0 Å². The van der Waals surface area contributed by atoms with Gasteiger partial charge in [0.1, 0.15) is 13.2 Å². The minimum absolute atomic E-state index is 0.0188. The van der Waals surface area contributed by atoms with Crippen LogP contribution in [-0.2, 0) is 18.4 Å². The zero-order valence-electron chi connectivity index (χ0n) is 39.8. The lowest BCUT2D eigenvalue weighted by atomic mass is 10.1. The van der Waals surface area contributed by atoms with E-state index in [4.69, 9.17) is 9.05 Å². The van der Waals surface area contributed by atoms with E-state index in [1.165, 1.54) is 19.3 Å². The number of nitrogens with one attached hydrogen (secondary N) is 1. The van der Waals surface area contributed by atoms with Crippen molar-refractivity contribution in [3.63, 3.8) is 0 Å². The van der Waals surface area contributed by atoms with Gasteiger partial charge in [0.15, 0.2) is 0 Å². The molecule has 1 amide bonds. The highest BCUT2D eigenvalue weighted by atomic mass is 31.2. The van der Waals surface area contributed by atoms with Gasteiger partial charge in [-0.3, -0.25) is 9.36 Å². The number of aliphatic hydroxyl groups excluding tert-OH is 1. The molecule has 0 saturated heterocycles. The molecule has 0 aliphatic heterocycles. The normalized spacial score (nSPS) is 15.3. The molecular weight excluding hydrogens is 792 g/mol. The van der Waals surface area contributed by atoms with Gasteiger partial charge in [0.2, 0.25) is 5.91 Å². The fraction of sp³-hybridized carbons (Fsp3) is 0.604. The summed E-state index contributed by atoms with van der Waals surface area (Å²) in [6.07, 6.45) is 64.1. The lowest BCUT2D eigenvalue weighted by Gasteiger charge is -2.29. The van der Waals surface area contributed by atoms with Gasteiger partial charge in [-0.15, -0.1) is 0 Å². The summed E-state index contributed by atoms with van der Waals surface area (Å²) >= 11 is 0. The molecule has 0 aliphatic carbocycles. The van der Waals surface area contributed by atoms with E-state index in [1.54, 1.807) is 6.08 Å². The average Bonchev–Trinajstić information content (AvgIpc) is 3.23. The molecule has 0 heterocycles. The van der Waals surface area contributed by atoms with Crippen molar-refractivity contribution >= 4 is 13.7 Å². The van der Waals surface area contributed by atoms with Crippen LogP contribution in [0.4, 0.5) is 0 Å². The summed E-state index contributed by atoms with van der Waals surface area (Å²) in [6.45, 7) is 4.38. The molecule has 0 spiro atoms. The summed E-state index contributed by atoms with van der Waals surface area (Å²) in [4.78, 5) is 25.3. The third kappa shape index (κ3) is 44.9. The van der Waals surface area contributed by atoms with Crippen LogP contribution in [0.3, 0.4) is 0 Å². The van der Waals surface area contributed by atoms with Crippen molar-refractivity contribution in [2.75, 3.05) is 40.9 Å². The van der Waals surface area contributed by atoms with Crippen LogP contribution < -0.4 is 10.2 Å². The summed E-state index contributed by atoms with van der Waals surface area (Å²) in [5.41, 5.74) is 0. The molecule has 0 radical (unpaired) electrons. The highest BCUT2D eigenvalue weighted by Crippen LogP contribution is 2.38. The highest BCUT2D eigenvalue weighted by Gasteiger charge is 2.23. The lowest BCUT2D eigenvalue weighted by Crippen LogP contribution is -2.45. The summed E-state index contributed by atoms with van der Waals surface area (Å²) in [5.74, 6) is -0.232. The van der Waals surface area contributed by atoms with Crippen LogP contribution in [-0.4, -0.2) is 68.5 Å². The first kappa shape index (κ1) is 58.9. The lowest BCUT2D eigenvalue weighted by molar-refractivity contribution is -0.870. The van der Waals surface area contributed by atoms with Crippen molar-refractivity contribution < 1.29 is 32.9 Å². The Labute approximate surface area is 380 Å². The first-order chi connectivity index (χ1) is 30.0. The molecule has 0 saturated carbocycles. The molecule has 0 fully saturated rings. The molecule has 3 unspecified atom stereocenters. The van der Waals surface area contributed by atoms with Crippen molar-refractivity contribution in [1.82, 2.24) is 5.32 Å². The van der Waals surface area contributed by atoms with Crippen molar-refractivity contribution in [3.8, 4) is 0 Å². The van der Waals surface area contributed by atoms with Gasteiger partial charge >= 0.3 is 0 Å². The molecule has 8 nitrogen and oxygen atoms in total. The Hall–Kier alpha value is -3.10. The number of carbonyl (C=O) groups is 1. The Morgan fingerprint density at radius 2 is 1.00 bits per heavy atom. The maximum absolute atomic E-state index is 12.9. The molecule has 2 N–H and O–H groups in total. The first-order valence-electron chi connectivity index (χ1n) is 23.9. The van der Waals surface area contributed by atoms with Crippen LogP contribution in [0, 0.1) is 0 Å². The summed E-state index contributed by atoms with van der Waals surface area (Å²) in [5, 5.41) is 13.7. The number of quaternary nitrogens is 1.